The molecule has 0 radical (unpaired) electrons. The number of nitrogens with two attached hydrogens (primary N) is 1. The first-order valence-corrected chi connectivity index (χ1v) is 6.62. The summed E-state index contributed by atoms with van der Waals surface area (Å²) in [5, 5.41) is 0. The van der Waals surface area contributed by atoms with Gasteiger partial charge in [0.05, 0.1) is 23.2 Å². The second-order valence-corrected chi connectivity index (χ2v) is 6.05. The zero-order valence-electron chi connectivity index (χ0n) is 8.20. The highest BCUT2D eigenvalue weighted by atomic mass is 32.2. The molecule has 0 aliphatic carbocycles. The summed E-state index contributed by atoms with van der Waals surface area (Å²) >= 11 is 0. The second kappa shape index (κ2) is 3.86. The minimum absolute atomic E-state index is 0.0216. The van der Waals surface area contributed by atoms with Crippen LogP contribution in [0.1, 0.15) is 18.2 Å². The first kappa shape index (κ1) is 10.5. The Morgan fingerprint density at radius 1 is 1.47 bits per heavy atom. The fraction of sp³-hybridized carbons (Fsp3) is 0.556. The molecule has 1 saturated heterocycles. The van der Waals surface area contributed by atoms with E-state index in [1.54, 1.807) is 18.6 Å². The molecule has 0 bridgehead atoms. The third kappa shape index (κ3) is 2.32. The van der Waals surface area contributed by atoms with E-state index >= 15 is 0 Å². The molecule has 15 heavy (non-hydrogen) atoms. The summed E-state index contributed by atoms with van der Waals surface area (Å²) < 4.78 is 22.6. The zero-order chi connectivity index (χ0) is 10.9. The molecule has 0 saturated carbocycles. The van der Waals surface area contributed by atoms with E-state index in [-0.39, 0.29) is 23.5 Å². The maximum Gasteiger partial charge on any atom is 0.150 e. The summed E-state index contributed by atoms with van der Waals surface area (Å²) in [5.74, 6) is 0.391. The van der Waals surface area contributed by atoms with Crippen LogP contribution in [0.2, 0.25) is 0 Å². The van der Waals surface area contributed by atoms with Gasteiger partial charge in [0.25, 0.3) is 0 Å². The van der Waals surface area contributed by atoms with Crippen LogP contribution in [0.5, 0.6) is 0 Å². The van der Waals surface area contributed by atoms with Crippen molar-refractivity contribution in [3.63, 3.8) is 0 Å². The van der Waals surface area contributed by atoms with Gasteiger partial charge in [-0.1, -0.05) is 0 Å². The van der Waals surface area contributed by atoms with Gasteiger partial charge in [0.2, 0.25) is 0 Å². The molecule has 0 amide bonds. The summed E-state index contributed by atoms with van der Waals surface area (Å²) in [6.07, 6.45) is 5.36. The summed E-state index contributed by atoms with van der Waals surface area (Å²) in [5.41, 5.74) is 6.62. The summed E-state index contributed by atoms with van der Waals surface area (Å²) in [6.45, 7) is 0. The minimum atomic E-state index is -2.88. The molecule has 1 aromatic rings. The monoisotopic (exact) mass is 227 g/mol. The molecule has 2 heterocycles. The lowest BCUT2D eigenvalue weighted by Gasteiger charge is -2.16. The van der Waals surface area contributed by atoms with Crippen molar-refractivity contribution < 1.29 is 8.42 Å². The van der Waals surface area contributed by atoms with E-state index in [9.17, 15) is 8.42 Å². The maximum absolute atomic E-state index is 11.3. The lowest BCUT2D eigenvalue weighted by atomic mass is 9.98. The van der Waals surface area contributed by atoms with Gasteiger partial charge in [-0.2, -0.15) is 0 Å². The van der Waals surface area contributed by atoms with Crippen LogP contribution in [0, 0.1) is 5.92 Å². The molecule has 1 aromatic heterocycles. The quantitative estimate of drug-likeness (QED) is 0.763. The normalized spacial score (nSPS) is 26.3. The third-order valence-electron chi connectivity index (χ3n) is 2.70. The van der Waals surface area contributed by atoms with Crippen LogP contribution < -0.4 is 5.73 Å². The van der Waals surface area contributed by atoms with Crippen LogP contribution in [-0.2, 0) is 9.84 Å². The van der Waals surface area contributed by atoms with Gasteiger partial charge in [-0.3, -0.25) is 9.97 Å². The summed E-state index contributed by atoms with van der Waals surface area (Å²) in [4.78, 5) is 8.01. The number of hydrogen-bond acceptors (Lipinski definition) is 5. The van der Waals surface area contributed by atoms with Gasteiger partial charge in [0, 0.05) is 18.6 Å². The maximum atomic E-state index is 11.3. The predicted molar refractivity (Wildman–Crippen MR) is 55.7 cm³/mol. The molecule has 2 N–H and O–H groups in total. The van der Waals surface area contributed by atoms with Crippen LogP contribution >= 0.6 is 0 Å². The van der Waals surface area contributed by atoms with Crippen molar-refractivity contribution in [3.8, 4) is 0 Å². The van der Waals surface area contributed by atoms with Crippen molar-refractivity contribution >= 4 is 9.84 Å². The Hall–Kier alpha value is -1.01. The van der Waals surface area contributed by atoms with Gasteiger partial charge in [-0.25, -0.2) is 8.42 Å². The van der Waals surface area contributed by atoms with E-state index < -0.39 is 9.84 Å². The molecule has 0 aromatic carbocycles. The van der Waals surface area contributed by atoms with Gasteiger partial charge in [-0.05, 0) is 12.3 Å². The highest BCUT2D eigenvalue weighted by Crippen LogP contribution is 2.28. The number of nitrogens with zero attached hydrogens (tertiary/aromatic N) is 2. The van der Waals surface area contributed by atoms with Crippen LogP contribution in [0.4, 0.5) is 0 Å². The Morgan fingerprint density at radius 2 is 2.27 bits per heavy atom. The zero-order valence-corrected chi connectivity index (χ0v) is 9.02. The lowest BCUT2D eigenvalue weighted by Crippen LogP contribution is -2.23. The van der Waals surface area contributed by atoms with Gasteiger partial charge in [-0.15, -0.1) is 0 Å². The molecular formula is C9H13N3O2S. The van der Waals surface area contributed by atoms with Crippen LogP contribution in [0.15, 0.2) is 18.6 Å². The topological polar surface area (TPSA) is 85.9 Å². The van der Waals surface area contributed by atoms with Crippen molar-refractivity contribution in [2.45, 2.75) is 12.5 Å². The minimum Gasteiger partial charge on any atom is -0.322 e. The highest BCUT2D eigenvalue weighted by molar-refractivity contribution is 7.91. The first-order valence-electron chi connectivity index (χ1n) is 4.80. The largest absolute Gasteiger partial charge is 0.322 e. The molecule has 82 valence electrons. The molecule has 2 atom stereocenters. The van der Waals surface area contributed by atoms with Crippen molar-refractivity contribution in [1.82, 2.24) is 9.97 Å². The third-order valence-corrected chi connectivity index (χ3v) is 4.49. The Bertz CT molecular complexity index is 432. The summed E-state index contributed by atoms with van der Waals surface area (Å²) in [6, 6.07) is -0.323. The molecule has 0 spiro atoms. The van der Waals surface area contributed by atoms with Crippen molar-refractivity contribution in [2.24, 2.45) is 11.7 Å². The SMILES string of the molecule is NC(c1cnccn1)C1CCS(=O)(=O)C1. The van der Waals surface area contributed by atoms with Crippen molar-refractivity contribution in [1.29, 1.82) is 0 Å². The molecule has 6 heteroatoms. The Labute approximate surface area is 88.7 Å². The van der Waals surface area contributed by atoms with E-state index in [2.05, 4.69) is 9.97 Å². The van der Waals surface area contributed by atoms with E-state index in [0.29, 0.717) is 12.1 Å². The van der Waals surface area contributed by atoms with E-state index in [1.807, 2.05) is 0 Å². The smallest absolute Gasteiger partial charge is 0.150 e. The number of aromatic nitrogens is 2. The molecule has 1 aliphatic rings. The average molecular weight is 227 g/mol. The molecule has 2 unspecified atom stereocenters. The molecular weight excluding hydrogens is 214 g/mol. The van der Waals surface area contributed by atoms with Gasteiger partial charge in [0.15, 0.2) is 9.84 Å². The first-order chi connectivity index (χ1) is 7.08. The summed E-state index contributed by atoms with van der Waals surface area (Å²) in [7, 11) is -2.88. The van der Waals surface area contributed by atoms with Crippen molar-refractivity contribution in [2.75, 3.05) is 11.5 Å². The number of hydrogen-bond donors (Lipinski definition) is 1. The molecule has 5 nitrogen and oxygen atoms in total. The van der Waals surface area contributed by atoms with Crippen molar-refractivity contribution in [3.05, 3.63) is 24.3 Å². The molecule has 2 rings (SSSR count). The standard InChI is InChI=1S/C9H13N3O2S/c10-9(8-5-11-2-3-12-8)7-1-4-15(13,14)6-7/h2-3,5,7,9H,1,4,6,10H2. The van der Waals surface area contributed by atoms with Gasteiger partial charge in [0.1, 0.15) is 0 Å². The highest BCUT2D eigenvalue weighted by Gasteiger charge is 2.33. The van der Waals surface area contributed by atoms with Gasteiger partial charge >= 0.3 is 0 Å². The Balaban J connectivity index is 2.14. The predicted octanol–water partition coefficient (Wildman–Crippen LogP) is -0.0889. The van der Waals surface area contributed by atoms with E-state index in [0.717, 1.165) is 0 Å². The van der Waals surface area contributed by atoms with E-state index in [4.69, 9.17) is 5.73 Å². The molecule has 1 fully saturated rings. The molecule has 1 aliphatic heterocycles. The Kier molecular flexibility index (Phi) is 2.70. The number of rotatable bonds is 2. The van der Waals surface area contributed by atoms with E-state index in [1.165, 1.54) is 0 Å². The average Bonchev–Trinajstić information content (AvgIpc) is 2.59. The van der Waals surface area contributed by atoms with Gasteiger partial charge < -0.3 is 5.73 Å². The Morgan fingerprint density at radius 3 is 2.80 bits per heavy atom. The van der Waals surface area contributed by atoms with Crippen LogP contribution in [0.25, 0.3) is 0 Å². The van der Waals surface area contributed by atoms with Crippen LogP contribution in [0.3, 0.4) is 0 Å². The number of sulfone groups is 1. The lowest BCUT2D eigenvalue weighted by molar-refractivity contribution is 0.469. The fourth-order valence-electron chi connectivity index (χ4n) is 1.83. The second-order valence-electron chi connectivity index (χ2n) is 3.82. The fourth-order valence-corrected chi connectivity index (χ4v) is 3.69. The van der Waals surface area contributed by atoms with Crippen LogP contribution in [-0.4, -0.2) is 29.9 Å².